The van der Waals surface area contributed by atoms with E-state index < -0.39 is 12.0 Å². The lowest BCUT2D eigenvalue weighted by Crippen LogP contribution is -2.34. The zero-order chi connectivity index (χ0) is 10.8. The van der Waals surface area contributed by atoms with E-state index in [1.165, 1.54) is 0 Å². The Hall–Kier alpha value is -1.88. The van der Waals surface area contributed by atoms with E-state index in [9.17, 15) is 4.79 Å². The molecule has 2 rings (SSSR count). The Morgan fingerprint density at radius 2 is 2.27 bits per heavy atom. The molecule has 1 atom stereocenters. The van der Waals surface area contributed by atoms with E-state index in [2.05, 4.69) is 4.98 Å². The van der Waals surface area contributed by atoms with Gasteiger partial charge in [0.2, 0.25) is 0 Å². The molecular weight excluding hydrogens is 194 g/mol. The first-order valence-corrected chi connectivity index (χ1v) is 4.57. The Labute approximate surface area is 86.1 Å². The van der Waals surface area contributed by atoms with Gasteiger partial charge in [0.25, 0.3) is 0 Å². The van der Waals surface area contributed by atoms with Crippen molar-refractivity contribution in [3.63, 3.8) is 0 Å². The van der Waals surface area contributed by atoms with E-state index in [-0.39, 0.29) is 6.54 Å². The molecule has 0 bridgehead atoms. The molecule has 0 radical (unpaired) electrons. The van der Waals surface area contributed by atoms with Crippen LogP contribution >= 0.6 is 0 Å². The fourth-order valence-corrected chi connectivity index (χ4v) is 1.45. The third kappa shape index (κ3) is 1.82. The van der Waals surface area contributed by atoms with Gasteiger partial charge in [-0.1, -0.05) is 12.1 Å². The summed E-state index contributed by atoms with van der Waals surface area (Å²) in [6.45, 7) is 0.232. The normalized spacial score (nSPS) is 12.9. The first kappa shape index (κ1) is 9.67. The fraction of sp³-hybridized carbons (Fsp3) is 0.200. The van der Waals surface area contributed by atoms with Gasteiger partial charge in [-0.05, 0) is 12.1 Å². The SMILES string of the molecule is N[C@H](Cn1cnc2ccccc21)C(=O)O. The largest absolute Gasteiger partial charge is 0.480 e. The molecule has 3 N–H and O–H groups in total. The second-order valence-electron chi connectivity index (χ2n) is 3.33. The number of aromatic nitrogens is 2. The lowest BCUT2D eigenvalue weighted by molar-refractivity contribution is -0.138. The summed E-state index contributed by atoms with van der Waals surface area (Å²) in [6.07, 6.45) is 1.60. The zero-order valence-electron chi connectivity index (χ0n) is 8.00. The summed E-state index contributed by atoms with van der Waals surface area (Å²) in [5, 5.41) is 8.69. The molecular formula is C10H11N3O2. The number of imidazole rings is 1. The maximum atomic E-state index is 10.6. The van der Waals surface area contributed by atoms with Crippen LogP contribution in [0.1, 0.15) is 0 Å². The van der Waals surface area contributed by atoms with E-state index in [1.807, 2.05) is 24.3 Å². The molecule has 5 heteroatoms. The number of para-hydroxylation sites is 2. The van der Waals surface area contributed by atoms with E-state index in [4.69, 9.17) is 10.8 Å². The van der Waals surface area contributed by atoms with Crippen molar-refractivity contribution < 1.29 is 9.90 Å². The smallest absolute Gasteiger partial charge is 0.322 e. The maximum absolute atomic E-state index is 10.6. The Balaban J connectivity index is 2.32. The van der Waals surface area contributed by atoms with Crippen molar-refractivity contribution in [2.45, 2.75) is 12.6 Å². The van der Waals surface area contributed by atoms with Crippen LogP contribution in [-0.4, -0.2) is 26.7 Å². The number of hydrogen-bond acceptors (Lipinski definition) is 3. The molecule has 1 aromatic heterocycles. The third-order valence-corrected chi connectivity index (χ3v) is 2.24. The second-order valence-corrected chi connectivity index (χ2v) is 3.33. The van der Waals surface area contributed by atoms with Gasteiger partial charge in [-0.25, -0.2) is 4.98 Å². The Bertz CT molecular complexity index is 492. The van der Waals surface area contributed by atoms with Crippen molar-refractivity contribution >= 4 is 17.0 Å². The maximum Gasteiger partial charge on any atom is 0.322 e. The van der Waals surface area contributed by atoms with Crippen LogP contribution in [0.4, 0.5) is 0 Å². The molecule has 0 aliphatic rings. The van der Waals surface area contributed by atoms with E-state index in [1.54, 1.807) is 10.9 Å². The van der Waals surface area contributed by atoms with Crippen molar-refractivity contribution in [3.05, 3.63) is 30.6 Å². The number of rotatable bonds is 3. The first-order valence-electron chi connectivity index (χ1n) is 4.57. The molecule has 0 spiro atoms. The molecule has 2 aromatic rings. The fourth-order valence-electron chi connectivity index (χ4n) is 1.45. The van der Waals surface area contributed by atoms with Gasteiger partial charge in [-0.15, -0.1) is 0 Å². The van der Waals surface area contributed by atoms with Crippen LogP contribution in [0.3, 0.4) is 0 Å². The van der Waals surface area contributed by atoms with Crippen LogP contribution < -0.4 is 5.73 Å². The number of aliphatic carboxylic acids is 1. The third-order valence-electron chi connectivity index (χ3n) is 2.24. The summed E-state index contributed by atoms with van der Waals surface area (Å²) in [5.41, 5.74) is 7.19. The zero-order valence-corrected chi connectivity index (χ0v) is 8.00. The monoisotopic (exact) mass is 205 g/mol. The number of fused-ring (bicyclic) bond motifs is 1. The number of carboxylic acids is 1. The highest BCUT2D eigenvalue weighted by atomic mass is 16.4. The van der Waals surface area contributed by atoms with Crippen LogP contribution in [0.15, 0.2) is 30.6 Å². The highest BCUT2D eigenvalue weighted by molar-refractivity contribution is 5.76. The minimum atomic E-state index is -1.01. The molecule has 78 valence electrons. The topological polar surface area (TPSA) is 81.1 Å². The Morgan fingerprint density at radius 1 is 1.53 bits per heavy atom. The van der Waals surface area contributed by atoms with Gasteiger partial charge >= 0.3 is 5.97 Å². The van der Waals surface area contributed by atoms with Gasteiger partial charge in [0.1, 0.15) is 6.04 Å². The summed E-state index contributed by atoms with van der Waals surface area (Å²) in [7, 11) is 0. The second kappa shape index (κ2) is 3.70. The average Bonchev–Trinajstić information content (AvgIpc) is 2.62. The van der Waals surface area contributed by atoms with E-state index in [0.29, 0.717) is 0 Å². The van der Waals surface area contributed by atoms with Crippen LogP contribution in [0.5, 0.6) is 0 Å². The molecule has 0 saturated carbocycles. The quantitative estimate of drug-likeness (QED) is 0.762. The van der Waals surface area contributed by atoms with E-state index in [0.717, 1.165) is 11.0 Å². The van der Waals surface area contributed by atoms with Gasteiger partial charge in [0, 0.05) is 0 Å². The predicted octanol–water partition coefficient (Wildman–Crippen LogP) is 0.448. The van der Waals surface area contributed by atoms with Crippen molar-refractivity contribution in [2.24, 2.45) is 5.73 Å². The summed E-state index contributed by atoms with van der Waals surface area (Å²) < 4.78 is 1.74. The highest BCUT2D eigenvalue weighted by Gasteiger charge is 2.13. The lowest BCUT2D eigenvalue weighted by atomic mass is 10.3. The summed E-state index contributed by atoms with van der Waals surface area (Å²) >= 11 is 0. The van der Waals surface area contributed by atoms with Gasteiger partial charge in [0.15, 0.2) is 0 Å². The Morgan fingerprint density at radius 3 is 3.00 bits per heavy atom. The van der Waals surface area contributed by atoms with Crippen LogP contribution in [0.25, 0.3) is 11.0 Å². The van der Waals surface area contributed by atoms with Gasteiger partial charge in [0.05, 0.1) is 23.9 Å². The molecule has 1 aromatic carbocycles. The molecule has 0 amide bonds. The minimum absolute atomic E-state index is 0.232. The Kier molecular flexibility index (Phi) is 2.39. The summed E-state index contributed by atoms with van der Waals surface area (Å²) in [5.74, 6) is -1.01. The number of carbonyl (C=O) groups is 1. The van der Waals surface area contributed by atoms with Crippen LogP contribution in [-0.2, 0) is 11.3 Å². The van der Waals surface area contributed by atoms with Crippen molar-refractivity contribution in [2.75, 3.05) is 0 Å². The summed E-state index contributed by atoms with van der Waals surface area (Å²) in [4.78, 5) is 14.7. The van der Waals surface area contributed by atoms with Crippen LogP contribution in [0, 0.1) is 0 Å². The molecule has 5 nitrogen and oxygen atoms in total. The summed E-state index contributed by atoms with van der Waals surface area (Å²) in [6, 6.07) is 6.63. The lowest BCUT2D eigenvalue weighted by Gasteiger charge is -2.07. The number of benzene rings is 1. The first-order chi connectivity index (χ1) is 7.18. The van der Waals surface area contributed by atoms with E-state index >= 15 is 0 Å². The van der Waals surface area contributed by atoms with Crippen molar-refractivity contribution in [1.82, 2.24) is 9.55 Å². The van der Waals surface area contributed by atoms with Crippen molar-refractivity contribution in [1.29, 1.82) is 0 Å². The molecule has 0 saturated heterocycles. The number of carboxylic acid groups (broad SMARTS) is 1. The van der Waals surface area contributed by atoms with Gasteiger partial charge in [-0.2, -0.15) is 0 Å². The predicted molar refractivity (Wildman–Crippen MR) is 55.3 cm³/mol. The molecule has 0 aliphatic carbocycles. The van der Waals surface area contributed by atoms with Crippen LogP contribution in [0.2, 0.25) is 0 Å². The molecule has 1 heterocycles. The van der Waals surface area contributed by atoms with Gasteiger partial charge in [-0.3, -0.25) is 4.79 Å². The number of nitrogens with zero attached hydrogens (tertiary/aromatic N) is 2. The molecule has 0 fully saturated rings. The van der Waals surface area contributed by atoms with Crippen molar-refractivity contribution in [3.8, 4) is 0 Å². The highest BCUT2D eigenvalue weighted by Crippen LogP contribution is 2.11. The molecule has 0 aliphatic heterocycles. The van der Waals surface area contributed by atoms with Gasteiger partial charge < -0.3 is 15.4 Å². The standard InChI is InChI=1S/C10H11N3O2/c11-7(10(14)15)5-13-6-12-8-3-1-2-4-9(8)13/h1-4,6-7H,5,11H2,(H,14,15)/t7-/m1/s1. The molecule has 15 heavy (non-hydrogen) atoms. The molecule has 0 unspecified atom stereocenters. The average molecular weight is 205 g/mol. The number of hydrogen-bond donors (Lipinski definition) is 2. The minimum Gasteiger partial charge on any atom is -0.480 e. The number of nitrogens with two attached hydrogens (primary N) is 1.